The van der Waals surface area contributed by atoms with E-state index in [1.807, 2.05) is 0 Å². The number of hydrogen-bond donors (Lipinski definition) is 2. The van der Waals surface area contributed by atoms with Crippen molar-refractivity contribution >= 4 is 15.7 Å². The Labute approximate surface area is 95.0 Å². The summed E-state index contributed by atoms with van der Waals surface area (Å²) in [6.45, 7) is 3.60. The molecule has 0 spiro atoms. The lowest BCUT2D eigenvalue weighted by Crippen LogP contribution is -2.28. The Hall–Kier alpha value is -1.53. The summed E-state index contributed by atoms with van der Waals surface area (Å²) in [5.74, 6) is 0.0308. The summed E-state index contributed by atoms with van der Waals surface area (Å²) in [5, 5.41) is 0. The van der Waals surface area contributed by atoms with E-state index in [2.05, 4.69) is 11.3 Å². The van der Waals surface area contributed by atoms with Gasteiger partial charge in [0.1, 0.15) is 5.75 Å². The number of anilines is 1. The van der Waals surface area contributed by atoms with Gasteiger partial charge in [-0.05, 0) is 24.3 Å². The second-order valence-electron chi connectivity index (χ2n) is 3.08. The van der Waals surface area contributed by atoms with Crippen LogP contribution in [0.25, 0.3) is 0 Å². The van der Waals surface area contributed by atoms with Crippen molar-refractivity contribution in [2.45, 2.75) is 0 Å². The van der Waals surface area contributed by atoms with Crippen LogP contribution in [0, 0.1) is 0 Å². The fraction of sp³-hybridized carbons (Fsp3) is 0.200. The molecule has 0 radical (unpaired) electrons. The van der Waals surface area contributed by atoms with Gasteiger partial charge in [-0.1, -0.05) is 6.08 Å². The zero-order chi connectivity index (χ0) is 12.0. The lowest BCUT2D eigenvalue weighted by Gasteiger charge is -2.07. The van der Waals surface area contributed by atoms with Crippen molar-refractivity contribution in [3.05, 3.63) is 36.9 Å². The molecule has 0 bridgehead atoms. The van der Waals surface area contributed by atoms with Gasteiger partial charge in [0, 0.05) is 12.2 Å². The summed E-state index contributed by atoms with van der Waals surface area (Å²) in [5.41, 5.74) is 6.07. The highest BCUT2D eigenvalue weighted by Crippen LogP contribution is 2.13. The fourth-order valence-electron chi connectivity index (χ4n) is 0.937. The monoisotopic (exact) mass is 242 g/mol. The highest BCUT2D eigenvalue weighted by molar-refractivity contribution is 7.89. The van der Waals surface area contributed by atoms with E-state index < -0.39 is 16.0 Å². The molecule has 0 unspecified atom stereocenters. The maximum atomic E-state index is 11.3. The van der Waals surface area contributed by atoms with Crippen molar-refractivity contribution in [3.8, 4) is 5.75 Å². The van der Waals surface area contributed by atoms with Crippen LogP contribution in [0.4, 0.5) is 5.69 Å². The molecule has 1 aromatic carbocycles. The molecule has 0 fully saturated rings. The van der Waals surface area contributed by atoms with Crippen LogP contribution in [0.5, 0.6) is 5.75 Å². The van der Waals surface area contributed by atoms with E-state index in [1.165, 1.54) is 6.08 Å². The Morgan fingerprint density at radius 3 is 2.56 bits per heavy atom. The number of hydrogen-bond acceptors (Lipinski definition) is 4. The molecule has 0 aliphatic heterocycles. The molecule has 0 saturated carbocycles. The molecule has 1 rings (SSSR count). The van der Waals surface area contributed by atoms with E-state index in [0.29, 0.717) is 11.4 Å². The van der Waals surface area contributed by atoms with Crippen molar-refractivity contribution in [2.75, 3.05) is 18.2 Å². The van der Waals surface area contributed by atoms with E-state index >= 15 is 0 Å². The van der Waals surface area contributed by atoms with E-state index in [-0.39, 0.29) is 6.54 Å². The average molecular weight is 242 g/mol. The quantitative estimate of drug-likeness (QED) is 0.568. The molecule has 0 aliphatic rings. The molecule has 0 amide bonds. The Morgan fingerprint density at radius 2 is 2.00 bits per heavy atom. The Kier molecular flexibility index (Phi) is 4.33. The van der Waals surface area contributed by atoms with Crippen molar-refractivity contribution in [1.29, 1.82) is 0 Å². The van der Waals surface area contributed by atoms with Crippen LogP contribution >= 0.6 is 0 Å². The van der Waals surface area contributed by atoms with Gasteiger partial charge in [-0.3, -0.25) is 0 Å². The van der Waals surface area contributed by atoms with Crippen molar-refractivity contribution in [1.82, 2.24) is 4.72 Å². The molecule has 0 atom stereocenters. The third kappa shape index (κ3) is 4.33. The topological polar surface area (TPSA) is 81.4 Å². The molecule has 3 N–H and O–H groups in total. The van der Waals surface area contributed by atoms with Crippen LogP contribution in [-0.4, -0.2) is 20.9 Å². The highest BCUT2D eigenvalue weighted by Gasteiger charge is 2.09. The molecule has 0 aromatic heterocycles. The summed E-state index contributed by atoms with van der Waals surface area (Å²) >= 11 is 0. The van der Waals surface area contributed by atoms with E-state index in [4.69, 9.17) is 10.5 Å². The maximum absolute atomic E-state index is 11.3. The second kappa shape index (κ2) is 5.53. The Balaban J connectivity index is 2.51. The van der Waals surface area contributed by atoms with Crippen LogP contribution in [0.1, 0.15) is 0 Å². The zero-order valence-electron chi connectivity index (χ0n) is 8.72. The van der Waals surface area contributed by atoms with Gasteiger partial charge in [0.15, 0.2) is 0 Å². The molecule has 0 heterocycles. The Bertz CT molecular complexity index is 440. The zero-order valence-corrected chi connectivity index (χ0v) is 9.53. The highest BCUT2D eigenvalue weighted by atomic mass is 32.2. The van der Waals surface area contributed by atoms with Crippen LogP contribution in [0.2, 0.25) is 0 Å². The van der Waals surface area contributed by atoms with Gasteiger partial charge in [-0.15, -0.1) is 6.58 Å². The van der Waals surface area contributed by atoms with Gasteiger partial charge in [0.05, 0.1) is 0 Å². The van der Waals surface area contributed by atoms with Gasteiger partial charge < -0.3 is 10.5 Å². The molecular weight excluding hydrogens is 228 g/mol. The second-order valence-corrected chi connectivity index (χ2v) is 4.84. The smallest absolute Gasteiger partial charge is 0.247 e. The number of nitrogen functional groups attached to an aromatic ring is 1. The van der Waals surface area contributed by atoms with Gasteiger partial charge >= 0.3 is 0 Å². The predicted octanol–water partition coefficient (Wildman–Crippen LogP) is 0.710. The van der Waals surface area contributed by atoms with E-state index in [0.717, 1.165) is 0 Å². The van der Waals surface area contributed by atoms with Gasteiger partial charge in [-0.25, -0.2) is 13.1 Å². The third-order valence-electron chi connectivity index (χ3n) is 1.71. The van der Waals surface area contributed by atoms with Crippen molar-refractivity contribution in [3.63, 3.8) is 0 Å². The molecule has 0 saturated heterocycles. The minimum Gasteiger partial charge on any atom is -0.476 e. The minimum atomic E-state index is -3.43. The number of rotatable bonds is 6. The lowest BCUT2D eigenvalue weighted by molar-refractivity contribution is 0.374. The first-order chi connectivity index (χ1) is 7.53. The van der Waals surface area contributed by atoms with Gasteiger partial charge in [0.25, 0.3) is 0 Å². The summed E-state index contributed by atoms with van der Waals surface area (Å²) < 4.78 is 30.0. The molecule has 5 nitrogen and oxygen atoms in total. The number of benzene rings is 1. The summed E-state index contributed by atoms with van der Waals surface area (Å²) in [6, 6.07) is 6.49. The number of nitrogens with one attached hydrogen (secondary N) is 1. The van der Waals surface area contributed by atoms with E-state index in [1.54, 1.807) is 24.3 Å². The molecule has 6 heteroatoms. The normalized spacial score (nSPS) is 11.0. The number of nitrogens with two attached hydrogens (primary N) is 1. The molecule has 88 valence electrons. The Morgan fingerprint density at radius 1 is 1.38 bits per heavy atom. The standard InChI is InChI=1S/C10H14N2O3S/c1-2-7-12-16(13,14)8-15-10-5-3-9(11)4-6-10/h2-6,12H,1,7-8,11H2. The summed E-state index contributed by atoms with van der Waals surface area (Å²) in [7, 11) is -3.43. The minimum absolute atomic E-state index is 0.188. The van der Waals surface area contributed by atoms with Crippen LogP contribution in [0.3, 0.4) is 0 Å². The maximum Gasteiger partial charge on any atom is 0.247 e. The largest absolute Gasteiger partial charge is 0.476 e. The SMILES string of the molecule is C=CCNS(=O)(=O)COc1ccc(N)cc1. The molecule has 1 aromatic rings. The van der Waals surface area contributed by atoms with Gasteiger partial charge in [0.2, 0.25) is 16.0 Å². The van der Waals surface area contributed by atoms with Gasteiger partial charge in [-0.2, -0.15) is 0 Å². The first-order valence-corrected chi connectivity index (χ1v) is 6.25. The van der Waals surface area contributed by atoms with Crippen LogP contribution < -0.4 is 15.2 Å². The van der Waals surface area contributed by atoms with Crippen LogP contribution in [-0.2, 0) is 10.0 Å². The fourth-order valence-corrected chi connectivity index (χ4v) is 1.68. The molecule has 0 aliphatic carbocycles. The third-order valence-corrected chi connectivity index (χ3v) is 2.74. The summed E-state index contributed by atoms with van der Waals surface area (Å²) in [4.78, 5) is 0. The van der Waals surface area contributed by atoms with E-state index in [9.17, 15) is 8.42 Å². The molecule has 16 heavy (non-hydrogen) atoms. The lowest BCUT2D eigenvalue weighted by atomic mass is 10.3. The first kappa shape index (κ1) is 12.5. The van der Waals surface area contributed by atoms with Crippen molar-refractivity contribution < 1.29 is 13.2 Å². The number of sulfonamides is 1. The average Bonchev–Trinajstić information content (AvgIpc) is 2.26. The predicted molar refractivity (Wildman–Crippen MR) is 63.5 cm³/mol. The number of ether oxygens (including phenoxy) is 1. The summed E-state index contributed by atoms with van der Waals surface area (Å²) in [6.07, 6.45) is 1.46. The first-order valence-electron chi connectivity index (χ1n) is 4.60. The van der Waals surface area contributed by atoms with Crippen molar-refractivity contribution in [2.24, 2.45) is 0 Å². The molecular formula is C10H14N2O3S. The van der Waals surface area contributed by atoms with Crippen LogP contribution in [0.15, 0.2) is 36.9 Å².